The fourth-order valence-corrected chi connectivity index (χ4v) is 2.31. The van der Waals surface area contributed by atoms with Gasteiger partial charge in [-0.1, -0.05) is 12.1 Å². The number of carbonyl (C=O) groups excluding carboxylic acids is 1. The van der Waals surface area contributed by atoms with E-state index in [0.717, 1.165) is 30.8 Å². The number of benzene rings is 1. The molecule has 5 nitrogen and oxygen atoms in total. The average Bonchev–Trinajstić information content (AvgIpc) is 3.02. The number of anilines is 1. The van der Waals surface area contributed by atoms with Gasteiger partial charge < -0.3 is 20.1 Å². The molecule has 22 heavy (non-hydrogen) atoms. The molecule has 1 unspecified atom stereocenters. The van der Waals surface area contributed by atoms with Gasteiger partial charge in [0.25, 0.3) is 0 Å². The molecular weight excluding hydrogens is 304 g/mol. The second-order valence-corrected chi connectivity index (χ2v) is 5.13. The molecule has 1 atom stereocenters. The van der Waals surface area contributed by atoms with Crippen molar-refractivity contribution >= 4 is 24.0 Å². The highest BCUT2D eigenvalue weighted by Crippen LogP contribution is 2.15. The number of hydrogen-bond acceptors (Lipinski definition) is 4. The van der Waals surface area contributed by atoms with Gasteiger partial charge in [-0.2, -0.15) is 0 Å². The van der Waals surface area contributed by atoms with Gasteiger partial charge in [0.1, 0.15) is 0 Å². The Morgan fingerprint density at radius 3 is 2.91 bits per heavy atom. The minimum absolute atomic E-state index is 0. The third-order valence-corrected chi connectivity index (χ3v) is 3.47. The zero-order chi connectivity index (χ0) is 14.9. The van der Waals surface area contributed by atoms with Gasteiger partial charge >= 0.3 is 0 Å². The van der Waals surface area contributed by atoms with Gasteiger partial charge in [-0.15, -0.1) is 12.4 Å². The van der Waals surface area contributed by atoms with E-state index >= 15 is 0 Å². The quantitative estimate of drug-likeness (QED) is 0.718. The lowest BCUT2D eigenvalue weighted by atomic mass is 10.1. The van der Waals surface area contributed by atoms with Crippen LogP contribution in [0.5, 0.6) is 0 Å². The van der Waals surface area contributed by atoms with Gasteiger partial charge in [-0.3, -0.25) is 4.79 Å². The fraction of sp³-hybridized carbons (Fsp3) is 0.562. The standard InChI is InChI=1S/C16H24N2O3.ClH/c1-2-20-8-9-21-12-13-4-3-5-15(10-13)18-16(19)14-6-7-17-11-14;/h3-5,10,14,17H,2,6-9,11-12H2,1H3,(H,18,19);1H. The van der Waals surface area contributed by atoms with Gasteiger partial charge in [0.2, 0.25) is 5.91 Å². The second-order valence-electron chi connectivity index (χ2n) is 5.13. The van der Waals surface area contributed by atoms with Crippen LogP contribution in [0.1, 0.15) is 18.9 Å². The first-order valence-electron chi connectivity index (χ1n) is 7.55. The van der Waals surface area contributed by atoms with Crippen molar-refractivity contribution < 1.29 is 14.3 Å². The summed E-state index contributed by atoms with van der Waals surface area (Å²) in [7, 11) is 0. The summed E-state index contributed by atoms with van der Waals surface area (Å²) in [4.78, 5) is 12.1. The smallest absolute Gasteiger partial charge is 0.228 e. The minimum atomic E-state index is 0. The van der Waals surface area contributed by atoms with E-state index in [4.69, 9.17) is 9.47 Å². The van der Waals surface area contributed by atoms with E-state index < -0.39 is 0 Å². The maximum absolute atomic E-state index is 12.1. The molecule has 1 aliphatic rings. The van der Waals surface area contributed by atoms with Gasteiger partial charge in [-0.05, 0) is 37.6 Å². The van der Waals surface area contributed by atoms with Crippen molar-refractivity contribution in [1.29, 1.82) is 0 Å². The SMILES string of the molecule is CCOCCOCc1cccc(NC(=O)C2CCNC2)c1.Cl. The average molecular weight is 329 g/mol. The molecule has 0 spiro atoms. The molecule has 124 valence electrons. The lowest BCUT2D eigenvalue weighted by Gasteiger charge is -2.11. The van der Waals surface area contributed by atoms with Crippen molar-refractivity contribution in [3.8, 4) is 0 Å². The van der Waals surface area contributed by atoms with Crippen molar-refractivity contribution in [3.63, 3.8) is 0 Å². The van der Waals surface area contributed by atoms with Crippen LogP contribution in [0.3, 0.4) is 0 Å². The molecule has 1 heterocycles. The van der Waals surface area contributed by atoms with Crippen molar-refractivity contribution in [2.24, 2.45) is 5.92 Å². The summed E-state index contributed by atoms with van der Waals surface area (Å²) in [5.41, 5.74) is 1.88. The number of carbonyl (C=O) groups is 1. The first kappa shape index (κ1) is 18.9. The van der Waals surface area contributed by atoms with Crippen LogP contribution >= 0.6 is 12.4 Å². The van der Waals surface area contributed by atoms with Crippen molar-refractivity contribution in [2.75, 3.05) is 38.2 Å². The Morgan fingerprint density at radius 2 is 2.18 bits per heavy atom. The molecule has 0 bridgehead atoms. The van der Waals surface area contributed by atoms with E-state index in [1.54, 1.807) is 0 Å². The van der Waals surface area contributed by atoms with Crippen LogP contribution in [0.15, 0.2) is 24.3 Å². The normalized spacial score (nSPS) is 17.0. The van der Waals surface area contributed by atoms with Gasteiger partial charge in [-0.25, -0.2) is 0 Å². The lowest BCUT2D eigenvalue weighted by molar-refractivity contribution is -0.119. The highest BCUT2D eigenvalue weighted by atomic mass is 35.5. The lowest BCUT2D eigenvalue weighted by Crippen LogP contribution is -2.24. The van der Waals surface area contributed by atoms with E-state index in [1.165, 1.54) is 0 Å². The Kier molecular flexibility index (Phi) is 9.08. The van der Waals surface area contributed by atoms with Crippen LogP contribution in [0.4, 0.5) is 5.69 Å². The molecule has 1 fully saturated rings. The third kappa shape index (κ3) is 6.32. The van der Waals surface area contributed by atoms with Gasteiger partial charge in [0.05, 0.1) is 25.7 Å². The first-order valence-corrected chi connectivity index (χ1v) is 7.55. The molecule has 1 amide bonds. The number of amides is 1. The topological polar surface area (TPSA) is 59.6 Å². The summed E-state index contributed by atoms with van der Waals surface area (Å²) in [5, 5.41) is 6.18. The van der Waals surface area contributed by atoms with Crippen LogP contribution in [0.25, 0.3) is 0 Å². The molecule has 1 aliphatic heterocycles. The number of hydrogen-bond donors (Lipinski definition) is 2. The van der Waals surface area contributed by atoms with Gasteiger partial charge in [0.15, 0.2) is 0 Å². The van der Waals surface area contributed by atoms with Crippen LogP contribution in [0, 0.1) is 5.92 Å². The van der Waals surface area contributed by atoms with Crippen LogP contribution < -0.4 is 10.6 Å². The van der Waals surface area contributed by atoms with Gasteiger partial charge in [0, 0.05) is 18.8 Å². The molecule has 1 aromatic carbocycles. The van der Waals surface area contributed by atoms with E-state index in [1.807, 2.05) is 31.2 Å². The van der Waals surface area contributed by atoms with Crippen molar-refractivity contribution in [2.45, 2.75) is 20.0 Å². The summed E-state index contributed by atoms with van der Waals surface area (Å²) in [6, 6.07) is 7.79. The van der Waals surface area contributed by atoms with E-state index in [-0.39, 0.29) is 24.2 Å². The highest BCUT2D eigenvalue weighted by molar-refractivity contribution is 5.92. The Hall–Kier alpha value is -1.14. The van der Waals surface area contributed by atoms with Crippen molar-refractivity contribution in [1.82, 2.24) is 5.32 Å². The molecule has 1 aromatic rings. The predicted octanol–water partition coefficient (Wildman–Crippen LogP) is 2.21. The van der Waals surface area contributed by atoms with Crippen LogP contribution in [-0.2, 0) is 20.9 Å². The molecule has 0 saturated carbocycles. The number of nitrogens with one attached hydrogen (secondary N) is 2. The minimum Gasteiger partial charge on any atom is -0.379 e. The summed E-state index contributed by atoms with van der Waals surface area (Å²) in [6.07, 6.45) is 0.909. The molecule has 1 saturated heterocycles. The molecule has 0 radical (unpaired) electrons. The first-order chi connectivity index (χ1) is 10.3. The second kappa shape index (κ2) is 10.6. The number of ether oxygens (including phenoxy) is 2. The Labute approximate surface area is 138 Å². The van der Waals surface area contributed by atoms with E-state index in [9.17, 15) is 4.79 Å². The molecule has 2 rings (SSSR count). The molecule has 0 aromatic heterocycles. The zero-order valence-corrected chi connectivity index (χ0v) is 13.8. The Balaban J connectivity index is 0.00000242. The number of rotatable bonds is 8. The van der Waals surface area contributed by atoms with Crippen molar-refractivity contribution in [3.05, 3.63) is 29.8 Å². The Bertz CT molecular complexity index is 451. The predicted molar refractivity (Wildman–Crippen MR) is 89.4 cm³/mol. The van der Waals surface area contributed by atoms with Crippen LogP contribution in [0.2, 0.25) is 0 Å². The fourth-order valence-electron chi connectivity index (χ4n) is 2.31. The number of halogens is 1. The van der Waals surface area contributed by atoms with Crippen LogP contribution in [-0.4, -0.2) is 38.8 Å². The monoisotopic (exact) mass is 328 g/mol. The summed E-state index contributed by atoms with van der Waals surface area (Å²) in [5.74, 6) is 0.172. The maximum atomic E-state index is 12.1. The Morgan fingerprint density at radius 1 is 1.36 bits per heavy atom. The van der Waals surface area contributed by atoms with E-state index in [0.29, 0.717) is 26.4 Å². The van der Waals surface area contributed by atoms with E-state index in [2.05, 4.69) is 10.6 Å². The largest absolute Gasteiger partial charge is 0.379 e. The highest BCUT2D eigenvalue weighted by Gasteiger charge is 2.22. The molecular formula is C16H25ClN2O3. The molecule has 6 heteroatoms. The molecule has 2 N–H and O–H groups in total. The maximum Gasteiger partial charge on any atom is 0.228 e. The summed E-state index contributed by atoms with van der Waals surface area (Å²) >= 11 is 0. The third-order valence-electron chi connectivity index (χ3n) is 3.47. The molecule has 0 aliphatic carbocycles. The zero-order valence-electron chi connectivity index (χ0n) is 13.0. The summed E-state index contributed by atoms with van der Waals surface area (Å²) in [6.45, 7) is 6.09. The summed E-state index contributed by atoms with van der Waals surface area (Å²) < 4.78 is 10.8.